The molecule has 0 heterocycles. The third-order valence-electron chi connectivity index (χ3n) is 1.01. The first-order valence-corrected chi connectivity index (χ1v) is 3.72. The van der Waals surface area contributed by atoms with Gasteiger partial charge in [0.05, 0.1) is 27.7 Å². The molecule has 2 N–H and O–H groups in total. The summed E-state index contributed by atoms with van der Waals surface area (Å²) in [4.78, 5) is 8.90. The molecular weight excluding hydrogens is 239 g/mol. The predicted octanol–water partition coefficient (Wildman–Crippen LogP) is -2.68. The van der Waals surface area contributed by atoms with Crippen LogP contribution in [0.4, 0.5) is 13.2 Å². The van der Waals surface area contributed by atoms with Crippen LogP contribution in [0.15, 0.2) is 0 Å². The molecule has 0 aromatic carbocycles. The monoisotopic (exact) mass is 253 g/mol. The van der Waals surface area contributed by atoms with Gasteiger partial charge in [0.2, 0.25) is 0 Å². The van der Waals surface area contributed by atoms with Crippen molar-refractivity contribution in [1.82, 2.24) is 0 Å². The van der Waals surface area contributed by atoms with Crippen molar-refractivity contribution in [2.45, 2.75) is 6.18 Å². The van der Waals surface area contributed by atoms with Crippen LogP contribution in [0.5, 0.6) is 0 Å². The standard InChI is InChI=1S/C5H14NO.C2HF3O2.ClH/c1-6(2,3)4-5-7;3-2(4,5)1(6)7;/h7H,4-5H2,1-3H3;(H,6,7);1H/q+1;;/p-1. The van der Waals surface area contributed by atoms with E-state index in [-0.39, 0.29) is 19.0 Å². The average molecular weight is 254 g/mol. The molecule has 0 saturated carbocycles. The summed E-state index contributed by atoms with van der Waals surface area (Å²) in [5.74, 6) is -2.76. The number of aliphatic carboxylic acids is 1. The summed E-state index contributed by atoms with van der Waals surface area (Å²) >= 11 is 0. The predicted molar refractivity (Wildman–Crippen MR) is 43.7 cm³/mol. The molecule has 0 atom stereocenters. The van der Waals surface area contributed by atoms with E-state index in [4.69, 9.17) is 15.0 Å². The van der Waals surface area contributed by atoms with E-state index < -0.39 is 12.1 Å². The van der Waals surface area contributed by atoms with Crippen molar-refractivity contribution >= 4 is 5.97 Å². The number of rotatable bonds is 2. The smallest absolute Gasteiger partial charge is 0.490 e. The Balaban J connectivity index is -0.000000180. The van der Waals surface area contributed by atoms with Crippen LogP contribution in [0.25, 0.3) is 0 Å². The quantitative estimate of drug-likeness (QED) is 0.528. The average Bonchev–Trinajstić information content (AvgIpc) is 1.82. The summed E-state index contributed by atoms with van der Waals surface area (Å²) in [5.41, 5.74) is 0. The van der Waals surface area contributed by atoms with Gasteiger partial charge in [-0.05, 0) is 0 Å². The highest BCUT2D eigenvalue weighted by Gasteiger charge is 2.38. The fraction of sp³-hybridized carbons (Fsp3) is 0.857. The maximum absolute atomic E-state index is 10.6. The molecule has 0 fully saturated rings. The second-order valence-corrected chi connectivity index (χ2v) is 3.54. The lowest BCUT2D eigenvalue weighted by atomic mass is 10.5. The molecule has 8 heteroatoms. The molecule has 0 amide bonds. The van der Waals surface area contributed by atoms with Crippen molar-refractivity contribution in [2.75, 3.05) is 34.3 Å². The number of hydrogen-bond donors (Lipinski definition) is 2. The number of carboxylic acid groups (broad SMARTS) is 1. The molecule has 0 aliphatic carbocycles. The van der Waals surface area contributed by atoms with E-state index in [2.05, 4.69) is 21.1 Å². The van der Waals surface area contributed by atoms with E-state index in [1.54, 1.807) is 0 Å². The van der Waals surface area contributed by atoms with Gasteiger partial charge in [-0.3, -0.25) is 0 Å². The molecule has 0 aliphatic rings. The number of carbonyl (C=O) groups is 1. The van der Waals surface area contributed by atoms with Gasteiger partial charge >= 0.3 is 12.1 Å². The minimum Gasteiger partial charge on any atom is -1.00 e. The normalized spacial score (nSPS) is 10.9. The summed E-state index contributed by atoms with van der Waals surface area (Å²) in [6.45, 7) is 1.11. The number of hydrogen-bond acceptors (Lipinski definition) is 2. The SMILES string of the molecule is C[N+](C)(C)CCO.O=C(O)C(F)(F)F.[Cl-]. The van der Waals surface area contributed by atoms with E-state index in [0.717, 1.165) is 11.0 Å². The summed E-state index contributed by atoms with van der Waals surface area (Å²) < 4.78 is 32.6. The number of carboxylic acids is 1. The zero-order valence-corrected chi connectivity index (χ0v) is 9.43. The second kappa shape index (κ2) is 7.72. The number of nitrogens with zero attached hydrogens (tertiary/aromatic N) is 1. The molecule has 0 bridgehead atoms. The third-order valence-corrected chi connectivity index (χ3v) is 1.01. The summed E-state index contributed by atoms with van der Waals surface area (Å²) in [6, 6.07) is 0. The first kappa shape index (κ1) is 20.0. The summed E-state index contributed by atoms with van der Waals surface area (Å²) in [5, 5.41) is 15.5. The highest BCUT2D eigenvalue weighted by Crippen LogP contribution is 2.13. The Kier molecular flexibility index (Phi) is 10.3. The van der Waals surface area contributed by atoms with Gasteiger partial charge in [0, 0.05) is 0 Å². The fourth-order valence-electron chi connectivity index (χ4n) is 0.300. The van der Waals surface area contributed by atoms with Crippen molar-refractivity contribution in [2.24, 2.45) is 0 Å². The van der Waals surface area contributed by atoms with Crippen molar-refractivity contribution < 1.29 is 45.1 Å². The largest absolute Gasteiger partial charge is 1.00 e. The molecule has 0 unspecified atom stereocenters. The van der Waals surface area contributed by atoms with Gasteiger partial charge in [0.15, 0.2) is 0 Å². The maximum Gasteiger partial charge on any atom is 0.490 e. The van der Waals surface area contributed by atoms with Crippen LogP contribution in [0.2, 0.25) is 0 Å². The van der Waals surface area contributed by atoms with Gasteiger partial charge in [-0.25, -0.2) is 4.79 Å². The first-order valence-electron chi connectivity index (χ1n) is 3.72. The lowest BCUT2D eigenvalue weighted by molar-refractivity contribution is -0.870. The Morgan fingerprint density at radius 3 is 1.53 bits per heavy atom. The van der Waals surface area contributed by atoms with Gasteiger partial charge in [-0.1, -0.05) is 0 Å². The molecule has 0 aromatic rings. The molecule has 0 aliphatic heterocycles. The van der Waals surface area contributed by atoms with Crippen molar-refractivity contribution in [3.63, 3.8) is 0 Å². The van der Waals surface area contributed by atoms with Gasteiger partial charge in [-0.15, -0.1) is 0 Å². The zero-order valence-electron chi connectivity index (χ0n) is 8.68. The van der Waals surface area contributed by atoms with Crippen molar-refractivity contribution in [1.29, 1.82) is 0 Å². The molecule has 15 heavy (non-hydrogen) atoms. The lowest BCUT2D eigenvalue weighted by Crippen LogP contribution is -3.00. The molecule has 0 saturated heterocycles. The fourth-order valence-corrected chi connectivity index (χ4v) is 0.300. The molecule has 0 spiro atoms. The van der Waals surface area contributed by atoms with Gasteiger partial charge in [-0.2, -0.15) is 13.2 Å². The Morgan fingerprint density at radius 2 is 1.53 bits per heavy atom. The van der Waals surface area contributed by atoms with Crippen molar-refractivity contribution in [3.8, 4) is 0 Å². The number of aliphatic hydroxyl groups is 1. The van der Waals surface area contributed by atoms with Gasteiger partial charge in [0.1, 0.15) is 6.54 Å². The van der Waals surface area contributed by atoms with E-state index >= 15 is 0 Å². The van der Waals surface area contributed by atoms with E-state index in [1.807, 2.05) is 0 Å². The number of aliphatic hydroxyl groups excluding tert-OH is 1. The van der Waals surface area contributed by atoms with Crippen LogP contribution in [-0.4, -0.2) is 61.1 Å². The minimum atomic E-state index is -5.08. The van der Waals surface area contributed by atoms with E-state index in [1.165, 1.54) is 0 Å². The number of quaternary nitrogens is 1. The topological polar surface area (TPSA) is 57.5 Å². The maximum atomic E-state index is 10.6. The second-order valence-electron chi connectivity index (χ2n) is 3.54. The Hall–Kier alpha value is -0.530. The molecule has 0 aromatic heterocycles. The van der Waals surface area contributed by atoms with E-state index in [9.17, 15) is 13.2 Å². The van der Waals surface area contributed by atoms with Crippen molar-refractivity contribution in [3.05, 3.63) is 0 Å². The van der Waals surface area contributed by atoms with Gasteiger partial charge < -0.3 is 27.1 Å². The third kappa shape index (κ3) is 19.8. The van der Waals surface area contributed by atoms with Gasteiger partial charge in [0.25, 0.3) is 0 Å². The van der Waals surface area contributed by atoms with Crippen LogP contribution in [0, 0.1) is 0 Å². The van der Waals surface area contributed by atoms with Crippen LogP contribution in [0.3, 0.4) is 0 Å². The lowest BCUT2D eigenvalue weighted by Gasteiger charge is -2.21. The number of halogens is 4. The molecule has 94 valence electrons. The molecule has 4 nitrogen and oxygen atoms in total. The molecule has 0 rings (SSSR count). The molecule has 0 radical (unpaired) electrons. The summed E-state index contributed by atoms with van der Waals surface area (Å²) in [7, 11) is 6.16. The summed E-state index contributed by atoms with van der Waals surface area (Å²) in [6.07, 6.45) is -5.08. The first-order chi connectivity index (χ1) is 6.00. The highest BCUT2D eigenvalue weighted by atomic mass is 35.5. The zero-order chi connectivity index (χ0) is 12.0. The minimum absolute atomic E-state index is 0. The van der Waals surface area contributed by atoms with Crippen LogP contribution >= 0.6 is 0 Å². The number of alkyl halides is 3. The van der Waals surface area contributed by atoms with Crippen LogP contribution < -0.4 is 12.4 Å². The molecular formula is C7H15ClF3NO3. The highest BCUT2D eigenvalue weighted by molar-refractivity contribution is 5.73. The Morgan fingerprint density at radius 1 is 1.27 bits per heavy atom. The van der Waals surface area contributed by atoms with Crippen LogP contribution in [0.1, 0.15) is 0 Å². The number of likely N-dealkylation sites (N-methyl/N-ethyl adjacent to an activating group) is 1. The van der Waals surface area contributed by atoms with E-state index in [0.29, 0.717) is 0 Å². The Labute approximate surface area is 92.3 Å². The van der Waals surface area contributed by atoms with Crippen LogP contribution in [-0.2, 0) is 4.79 Å². The Bertz CT molecular complexity index is 179.